The smallest absolute Gasteiger partial charge is 0.415 e. The van der Waals surface area contributed by atoms with Crippen molar-refractivity contribution in [1.82, 2.24) is 5.32 Å². The second-order valence-electron chi connectivity index (χ2n) is 5.56. The van der Waals surface area contributed by atoms with Crippen molar-refractivity contribution >= 4 is 11.8 Å². The van der Waals surface area contributed by atoms with Crippen LogP contribution in [-0.2, 0) is 4.74 Å². The lowest BCUT2D eigenvalue weighted by molar-refractivity contribution is 0.170. The van der Waals surface area contributed by atoms with E-state index in [-0.39, 0.29) is 11.6 Å². The van der Waals surface area contributed by atoms with Crippen LogP contribution in [0.15, 0.2) is 24.3 Å². The zero-order valence-corrected chi connectivity index (χ0v) is 11.3. The summed E-state index contributed by atoms with van der Waals surface area (Å²) < 4.78 is 5.37. The van der Waals surface area contributed by atoms with Crippen LogP contribution in [0.2, 0.25) is 0 Å². The first-order chi connectivity index (χ1) is 9.21. The Morgan fingerprint density at radius 3 is 3.05 bits per heavy atom. The number of aryl methyl sites for hydroxylation is 1. The number of hydrogen-bond donors (Lipinski definition) is 1. The number of carbonyl (C=O) groups excluding carboxylic acids is 1. The molecule has 2 aliphatic rings. The second kappa shape index (κ2) is 4.85. The zero-order valence-electron chi connectivity index (χ0n) is 11.3. The number of carbonyl (C=O) groups is 1. The molecule has 4 nitrogen and oxygen atoms in total. The second-order valence-corrected chi connectivity index (χ2v) is 5.56. The summed E-state index contributed by atoms with van der Waals surface area (Å²) in [7, 11) is 0. The van der Waals surface area contributed by atoms with Crippen LogP contribution >= 0.6 is 0 Å². The summed E-state index contributed by atoms with van der Waals surface area (Å²) in [4.78, 5) is 14.0. The lowest BCUT2D eigenvalue weighted by Gasteiger charge is -2.34. The van der Waals surface area contributed by atoms with Gasteiger partial charge in [0.1, 0.15) is 6.61 Å². The highest BCUT2D eigenvalue weighted by molar-refractivity contribution is 5.91. The number of hydrogen-bond acceptors (Lipinski definition) is 3. The first-order valence-corrected chi connectivity index (χ1v) is 6.96. The number of rotatable bonds is 1. The van der Waals surface area contributed by atoms with E-state index in [4.69, 9.17) is 4.74 Å². The maximum atomic E-state index is 12.2. The van der Waals surface area contributed by atoms with Crippen LogP contribution in [0.5, 0.6) is 0 Å². The van der Waals surface area contributed by atoms with Crippen molar-refractivity contribution in [2.45, 2.75) is 31.7 Å². The molecular formula is C15H20N2O2. The summed E-state index contributed by atoms with van der Waals surface area (Å²) in [6.45, 7) is 4.53. The minimum atomic E-state index is -0.201. The van der Waals surface area contributed by atoms with Gasteiger partial charge in [-0.2, -0.15) is 0 Å². The SMILES string of the molecule is Cc1cccc(N2C(=O)OCC23CCCNCC3)c1. The Morgan fingerprint density at radius 2 is 2.21 bits per heavy atom. The average Bonchev–Trinajstić information content (AvgIpc) is 2.58. The summed E-state index contributed by atoms with van der Waals surface area (Å²) >= 11 is 0. The molecule has 1 N–H and O–H groups in total. The molecule has 1 amide bonds. The van der Waals surface area contributed by atoms with E-state index >= 15 is 0 Å². The van der Waals surface area contributed by atoms with Gasteiger partial charge in [-0.1, -0.05) is 12.1 Å². The molecule has 1 atom stereocenters. The Morgan fingerprint density at radius 1 is 1.32 bits per heavy atom. The van der Waals surface area contributed by atoms with Crippen molar-refractivity contribution in [1.29, 1.82) is 0 Å². The molecule has 2 saturated heterocycles. The van der Waals surface area contributed by atoms with E-state index in [0.29, 0.717) is 6.61 Å². The molecule has 19 heavy (non-hydrogen) atoms. The lowest BCUT2D eigenvalue weighted by Crippen LogP contribution is -2.48. The quantitative estimate of drug-likeness (QED) is 0.843. The third-order valence-corrected chi connectivity index (χ3v) is 4.14. The molecule has 2 aliphatic heterocycles. The topological polar surface area (TPSA) is 41.6 Å². The van der Waals surface area contributed by atoms with Gasteiger partial charge in [-0.15, -0.1) is 0 Å². The first-order valence-electron chi connectivity index (χ1n) is 6.96. The van der Waals surface area contributed by atoms with Gasteiger partial charge in [-0.3, -0.25) is 4.90 Å². The van der Waals surface area contributed by atoms with Crippen molar-refractivity contribution in [3.05, 3.63) is 29.8 Å². The standard InChI is InChI=1S/C15H20N2O2/c1-12-4-2-5-13(10-12)17-14(18)19-11-15(17)6-3-8-16-9-7-15/h2,4-5,10,16H,3,6-9,11H2,1H3. The van der Waals surface area contributed by atoms with E-state index in [1.807, 2.05) is 30.0 Å². The highest BCUT2D eigenvalue weighted by Gasteiger charge is 2.47. The lowest BCUT2D eigenvalue weighted by atomic mass is 9.90. The van der Waals surface area contributed by atoms with Crippen molar-refractivity contribution < 1.29 is 9.53 Å². The van der Waals surface area contributed by atoms with E-state index in [9.17, 15) is 4.79 Å². The number of ether oxygens (including phenoxy) is 1. The van der Waals surface area contributed by atoms with Gasteiger partial charge in [0.25, 0.3) is 0 Å². The van der Waals surface area contributed by atoms with Gasteiger partial charge in [0, 0.05) is 5.69 Å². The Balaban J connectivity index is 1.98. The third-order valence-electron chi connectivity index (χ3n) is 4.14. The summed E-state index contributed by atoms with van der Waals surface area (Å²) in [6, 6.07) is 8.11. The summed E-state index contributed by atoms with van der Waals surface area (Å²) in [5.74, 6) is 0. The van der Waals surface area contributed by atoms with Gasteiger partial charge in [-0.05, 0) is 57.0 Å². The number of nitrogens with zero attached hydrogens (tertiary/aromatic N) is 1. The molecule has 0 aromatic heterocycles. The molecule has 0 aliphatic carbocycles. The van der Waals surface area contributed by atoms with Gasteiger partial charge < -0.3 is 10.1 Å². The zero-order chi connectivity index (χ0) is 13.3. The first kappa shape index (κ1) is 12.5. The monoisotopic (exact) mass is 260 g/mol. The Labute approximate surface area is 113 Å². The van der Waals surface area contributed by atoms with Crippen LogP contribution in [-0.4, -0.2) is 31.3 Å². The van der Waals surface area contributed by atoms with E-state index in [1.165, 1.54) is 5.56 Å². The summed E-state index contributed by atoms with van der Waals surface area (Å²) in [6.07, 6.45) is 2.83. The Hall–Kier alpha value is -1.55. The van der Waals surface area contributed by atoms with Crippen molar-refractivity contribution in [2.75, 3.05) is 24.6 Å². The summed E-state index contributed by atoms with van der Waals surface area (Å²) in [5, 5.41) is 3.40. The largest absolute Gasteiger partial charge is 0.447 e. The van der Waals surface area contributed by atoms with E-state index in [0.717, 1.165) is 38.0 Å². The van der Waals surface area contributed by atoms with Crippen LogP contribution < -0.4 is 10.2 Å². The van der Waals surface area contributed by atoms with Crippen LogP contribution in [0.1, 0.15) is 24.8 Å². The van der Waals surface area contributed by atoms with Crippen LogP contribution in [0, 0.1) is 6.92 Å². The van der Waals surface area contributed by atoms with Crippen LogP contribution in [0.25, 0.3) is 0 Å². The van der Waals surface area contributed by atoms with Crippen LogP contribution in [0.4, 0.5) is 10.5 Å². The molecule has 2 heterocycles. The maximum Gasteiger partial charge on any atom is 0.415 e. The fraction of sp³-hybridized carbons (Fsp3) is 0.533. The van der Waals surface area contributed by atoms with E-state index in [1.54, 1.807) is 0 Å². The predicted molar refractivity (Wildman–Crippen MR) is 74.5 cm³/mol. The molecule has 4 heteroatoms. The average molecular weight is 260 g/mol. The molecule has 1 aromatic carbocycles. The minimum absolute atomic E-state index is 0.158. The molecule has 2 fully saturated rings. The van der Waals surface area contributed by atoms with Gasteiger partial charge in [0.2, 0.25) is 0 Å². The molecule has 1 spiro atoms. The fourth-order valence-electron chi connectivity index (χ4n) is 3.15. The van der Waals surface area contributed by atoms with Gasteiger partial charge >= 0.3 is 6.09 Å². The molecule has 0 radical (unpaired) electrons. The van der Waals surface area contributed by atoms with Crippen molar-refractivity contribution in [2.24, 2.45) is 0 Å². The number of benzene rings is 1. The van der Waals surface area contributed by atoms with Gasteiger partial charge in [-0.25, -0.2) is 4.79 Å². The van der Waals surface area contributed by atoms with Gasteiger partial charge in [0.15, 0.2) is 0 Å². The highest BCUT2D eigenvalue weighted by atomic mass is 16.6. The maximum absolute atomic E-state index is 12.2. The highest BCUT2D eigenvalue weighted by Crippen LogP contribution is 2.37. The summed E-state index contributed by atoms with van der Waals surface area (Å²) in [5.41, 5.74) is 1.97. The molecule has 1 aromatic rings. The molecule has 3 rings (SSSR count). The van der Waals surface area contributed by atoms with Gasteiger partial charge in [0.05, 0.1) is 5.54 Å². The molecule has 0 saturated carbocycles. The van der Waals surface area contributed by atoms with E-state index < -0.39 is 0 Å². The molecule has 102 valence electrons. The molecular weight excluding hydrogens is 240 g/mol. The van der Waals surface area contributed by atoms with E-state index in [2.05, 4.69) is 11.4 Å². The molecule has 0 bridgehead atoms. The normalized spacial score (nSPS) is 27.4. The van der Waals surface area contributed by atoms with Crippen LogP contribution in [0.3, 0.4) is 0 Å². The molecule has 1 unspecified atom stereocenters. The predicted octanol–water partition coefficient (Wildman–Crippen LogP) is 2.46. The third kappa shape index (κ3) is 2.21. The van der Waals surface area contributed by atoms with Crippen molar-refractivity contribution in [3.8, 4) is 0 Å². The Bertz CT molecular complexity index is 479. The van der Waals surface area contributed by atoms with Crippen molar-refractivity contribution in [3.63, 3.8) is 0 Å². The fourth-order valence-corrected chi connectivity index (χ4v) is 3.15. The number of anilines is 1. The number of nitrogens with one attached hydrogen (secondary N) is 1. The number of cyclic esters (lactones) is 1. The Kier molecular flexibility index (Phi) is 3.19. The minimum Gasteiger partial charge on any atom is -0.447 e. The number of amides is 1.